The normalized spacial score (nSPS) is 23.9. The molecule has 2 unspecified atom stereocenters. The van der Waals surface area contributed by atoms with E-state index in [2.05, 4.69) is 41.3 Å². The molecule has 2 aromatic carbocycles. The Morgan fingerprint density at radius 3 is 2.36 bits per heavy atom. The van der Waals surface area contributed by atoms with Crippen molar-refractivity contribution >= 4 is 5.78 Å². The summed E-state index contributed by atoms with van der Waals surface area (Å²) in [6.07, 6.45) is 4.69. The van der Waals surface area contributed by atoms with Crippen LogP contribution in [0.25, 0.3) is 0 Å². The van der Waals surface area contributed by atoms with Crippen LogP contribution in [0, 0.1) is 17.2 Å². The second-order valence-corrected chi connectivity index (χ2v) is 7.86. The third-order valence-corrected chi connectivity index (χ3v) is 6.08. The number of nitriles is 1. The van der Waals surface area contributed by atoms with Gasteiger partial charge >= 0.3 is 0 Å². The number of hydrogen-bond donors (Lipinski definition) is 0. The number of hydrogen-bond acceptors (Lipinski definition) is 4. The molecule has 0 spiro atoms. The van der Waals surface area contributed by atoms with Crippen molar-refractivity contribution in [2.24, 2.45) is 5.92 Å². The highest BCUT2D eigenvalue weighted by Gasteiger charge is 2.42. The van der Waals surface area contributed by atoms with Crippen molar-refractivity contribution in [1.29, 1.82) is 5.26 Å². The summed E-state index contributed by atoms with van der Waals surface area (Å²) in [5.41, 5.74) is 2.13. The Labute approximate surface area is 166 Å². The smallest absolute Gasteiger partial charge is 0.166 e. The highest BCUT2D eigenvalue weighted by atomic mass is 16.5. The molecule has 28 heavy (non-hydrogen) atoms. The summed E-state index contributed by atoms with van der Waals surface area (Å²) >= 11 is 0. The van der Waals surface area contributed by atoms with Gasteiger partial charge in [0, 0.05) is 30.1 Å². The maximum atomic E-state index is 13.1. The molecule has 0 amide bonds. The van der Waals surface area contributed by atoms with Gasteiger partial charge in [0.15, 0.2) is 5.78 Å². The van der Waals surface area contributed by atoms with Crippen LogP contribution >= 0.6 is 0 Å². The third-order valence-electron chi connectivity index (χ3n) is 6.08. The van der Waals surface area contributed by atoms with Crippen LogP contribution in [-0.2, 0) is 6.54 Å². The second kappa shape index (κ2) is 8.58. The summed E-state index contributed by atoms with van der Waals surface area (Å²) in [6.45, 7) is 1.37. The van der Waals surface area contributed by atoms with Gasteiger partial charge in [0.2, 0.25) is 0 Å². The summed E-state index contributed by atoms with van der Waals surface area (Å²) in [7, 11) is 0. The number of piperidine rings is 1. The monoisotopic (exact) mass is 374 g/mol. The molecular formula is C24H26N2O2. The Morgan fingerprint density at radius 2 is 1.71 bits per heavy atom. The van der Waals surface area contributed by atoms with Crippen LogP contribution in [0.4, 0.5) is 0 Å². The minimum Gasteiger partial charge on any atom is -0.493 e. The Hall–Kier alpha value is -2.64. The van der Waals surface area contributed by atoms with Gasteiger partial charge in [0.1, 0.15) is 12.4 Å². The molecule has 2 heterocycles. The van der Waals surface area contributed by atoms with E-state index in [9.17, 15) is 4.79 Å². The van der Waals surface area contributed by atoms with Crippen LogP contribution < -0.4 is 4.74 Å². The standard InChI is InChI=1S/C24H26N2O2/c25-13-4-14-28-23-11-7-19(8-12-23)24(27)20-15-21-9-10-22(16-20)26(21)17-18-5-2-1-3-6-18/h1-3,5-8,11-12,20-22H,4,9-10,14-17H2. The lowest BCUT2D eigenvalue weighted by Crippen LogP contribution is -2.44. The molecule has 0 aromatic heterocycles. The van der Waals surface area contributed by atoms with Crippen molar-refractivity contribution in [3.63, 3.8) is 0 Å². The summed E-state index contributed by atoms with van der Waals surface area (Å²) in [4.78, 5) is 15.7. The second-order valence-electron chi connectivity index (χ2n) is 7.86. The number of nitrogens with zero attached hydrogens (tertiary/aromatic N) is 2. The van der Waals surface area contributed by atoms with Gasteiger partial charge in [-0.25, -0.2) is 0 Å². The van der Waals surface area contributed by atoms with Crippen molar-refractivity contribution in [3.05, 3.63) is 65.7 Å². The van der Waals surface area contributed by atoms with E-state index in [1.54, 1.807) is 0 Å². The first-order chi connectivity index (χ1) is 13.7. The van der Waals surface area contributed by atoms with Crippen molar-refractivity contribution < 1.29 is 9.53 Å². The number of fused-ring (bicyclic) bond motifs is 2. The van der Waals surface area contributed by atoms with Gasteiger partial charge < -0.3 is 4.74 Å². The van der Waals surface area contributed by atoms with Gasteiger partial charge in [-0.15, -0.1) is 0 Å². The van der Waals surface area contributed by atoms with Crippen molar-refractivity contribution in [2.45, 2.75) is 50.7 Å². The molecular weight excluding hydrogens is 348 g/mol. The van der Waals surface area contributed by atoms with E-state index < -0.39 is 0 Å². The number of carbonyl (C=O) groups excluding carboxylic acids is 1. The first kappa shape index (κ1) is 18.7. The number of ether oxygens (including phenoxy) is 1. The van der Waals surface area contributed by atoms with Crippen LogP contribution in [0.15, 0.2) is 54.6 Å². The first-order valence-electron chi connectivity index (χ1n) is 10.2. The van der Waals surface area contributed by atoms with Crippen LogP contribution in [-0.4, -0.2) is 29.4 Å². The topological polar surface area (TPSA) is 53.3 Å². The molecule has 2 aromatic rings. The maximum Gasteiger partial charge on any atom is 0.166 e. The largest absolute Gasteiger partial charge is 0.493 e. The van der Waals surface area contributed by atoms with E-state index in [0.717, 1.165) is 24.9 Å². The Morgan fingerprint density at radius 1 is 1.04 bits per heavy atom. The van der Waals surface area contributed by atoms with E-state index in [0.29, 0.717) is 30.9 Å². The Balaban J connectivity index is 1.37. The van der Waals surface area contributed by atoms with E-state index in [1.807, 2.05) is 24.3 Å². The van der Waals surface area contributed by atoms with Gasteiger partial charge in [-0.05, 0) is 55.5 Å². The number of rotatable bonds is 7. The van der Waals surface area contributed by atoms with Crippen LogP contribution in [0.5, 0.6) is 5.75 Å². The molecule has 0 aliphatic carbocycles. The lowest BCUT2D eigenvalue weighted by Gasteiger charge is -2.38. The van der Waals surface area contributed by atoms with E-state index in [4.69, 9.17) is 10.00 Å². The van der Waals surface area contributed by atoms with Crippen molar-refractivity contribution in [3.8, 4) is 11.8 Å². The van der Waals surface area contributed by atoms with Gasteiger partial charge in [-0.1, -0.05) is 30.3 Å². The number of benzene rings is 2. The molecule has 0 radical (unpaired) electrons. The molecule has 4 nitrogen and oxygen atoms in total. The van der Waals surface area contributed by atoms with Gasteiger partial charge in [-0.2, -0.15) is 5.26 Å². The summed E-state index contributed by atoms with van der Waals surface area (Å²) in [5, 5.41) is 8.58. The predicted molar refractivity (Wildman–Crippen MR) is 108 cm³/mol. The molecule has 2 aliphatic heterocycles. The zero-order chi connectivity index (χ0) is 19.3. The number of carbonyl (C=O) groups is 1. The zero-order valence-electron chi connectivity index (χ0n) is 16.1. The van der Waals surface area contributed by atoms with Crippen molar-refractivity contribution in [2.75, 3.05) is 6.61 Å². The molecule has 144 valence electrons. The van der Waals surface area contributed by atoms with Gasteiger partial charge in [-0.3, -0.25) is 9.69 Å². The molecule has 0 N–H and O–H groups in total. The van der Waals surface area contributed by atoms with Gasteiger partial charge in [0.25, 0.3) is 0 Å². The van der Waals surface area contributed by atoms with Crippen molar-refractivity contribution in [1.82, 2.24) is 4.90 Å². The average Bonchev–Trinajstić information content (AvgIpc) is 2.96. The average molecular weight is 374 g/mol. The van der Waals surface area contributed by atoms with E-state index >= 15 is 0 Å². The van der Waals surface area contributed by atoms with Gasteiger partial charge in [0.05, 0.1) is 12.5 Å². The Kier molecular flexibility index (Phi) is 5.73. The SMILES string of the molecule is N#CCCOc1ccc(C(=O)C2CC3CCC(C2)N3Cc2ccccc2)cc1. The molecule has 4 rings (SSSR count). The quantitative estimate of drug-likeness (QED) is 0.525. The first-order valence-corrected chi connectivity index (χ1v) is 10.2. The Bertz CT molecular complexity index is 827. The fourth-order valence-electron chi connectivity index (χ4n) is 4.71. The highest BCUT2D eigenvalue weighted by molar-refractivity contribution is 5.98. The lowest BCUT2D eigenvalue weighted by molar-refractivity contribution is 0.0678. The highest BCUT2D eigenvalue weighted by Crippen LogP contribution is 2.40. The van der Waals surface area contributed by atoms with Crippen LogP contribution in [0.2, 0.25) is 0 Å². The molecule has 2 bridgehead atoms. The van der Waals surface area contributed by atoms with Crippen LogP contribution in [0.3, 0.4) is 0 Å². The molecule has 2 aliphatic rings. The molecule has 2 fully saturated rings. The van der Waals surface area contributed by atoms with Crippen LogP contribution in [0.1, 0.15) is 48.0 Å². The fourth-order valence-corrected chi connectivity index (χ4v) is 4.71. The molecule has 4 heteroatoms. The fraction of sp³-hybridized carbons (Fsp3) is 0.417. The number of ketones is 1. The van der Waals surface area contributed by atoms with E-state index in [1.165, 1.54) is 18.4 Å². The van der Waals surface area contributed by atoms with E-state index in [-0.39, 0.29) is 11.7 Å². The molecule has 2 saturated heterocycles. The zero-order valence-corrected chi connectivity index (χ0v) is 16.1. The maximum absolute atomic E-state index is 13.1. The lowest BCUT2D eigenvalue weighted by atomic mass is 9.84. The minimum absolute atomic E-state index is 0.120. The summed E-state index contributed by atoms with van der Waals surface area (Å²) in [5.74, 6) is 1.10. The molecule has 0 saturated carbocycles. The number of Topliss-reactive ketones (excluding diaryl/α,β-unsaturated/α-hetero) is 1. The molecule has 2 atom stereocenters. The minimum atomic E-state index is 0.120. The third kappa shape index (κ3) is 4.10. The summed E-state index contributed by atoms with van der Waals surface area (Å²) in [6, 6.07) is 21.1. The predicted octanol–water partition coefficient (Wildman–Crippen LogP) is 4.60. The summed E-state index contributed by atoms with van der Waals surface area (Å²) < 4.78 is 5.50.